The molecule has 100 valence electrons. The fourth-order valence-corrected chi connectivity index (χ4v) is 3.88. The Morgan fingerprint density at radius 2 is 2.11 bits per heavy atom. The maximum atomic E-state index is 12.6. The van der Waals surface area contributed by atoms with Gasteiger partial charge < -0.3 is 0 Å². The quantitative estimate of drug-likeness (QED) is 0.799. The molecule has 1 saturated carbocycles. The van der Waals surface area contributed by atoms with Gasteiger partial charge in [0.25, 0.3) is 0 Å². The van der Waals surface area contributed by atoms with Crippen LogP contribution in [0.1, 0.15) is 56.7 Å². The summed E-state index contributed by atoms with van der Waals surface area (Å²) in [7, 11) is 0. The number of Topliss-reactive ketones (excluding diaryl/α,β-unsaturated/α-hetero) is 1. The number of aryl methyl sites for hydroxylation is 1. The van der Waals surface area contributed by atoms with Gasteiger partial charge in [-0.15, -0.1) is 11.3 Å². The SMILES string of the molecule is Cc1nc(CC(=O)C2(CC(C)C)CCCC2)cs1. The highest BCUT2D eigenvalue weighted by Gasteiger charge is 2.40. The molecular weight excluding hydrogens is 242 g/mol. The molecule has 1 aromatic rings. The van der Waals surface area contributed by atoms with Gasteiger partial charge in [-0.3, -0.25) is 4.79 Å². The molecule has 0 unspecified atom stereocenters. The second-order valence-corrected chi connectivity index (χ2v) is 7.11. The van der Waals surface area contributed by atoms with E-state index >= 15 is 0 Å². The van der Waals surface area contributed by atoms with E-state index in [9.17, 15) is 4.79 Å². The predicted molar refractivity (Wildman–Crippen MR) is 75.9 cm³/mol. The first kappa shape index (κ1) is 13.7. The Morgan fingerprint density at radius 3 is 2.61 bits per heavy atom. The molecule has 1 aromatic heterocycles. The van der Waals surface area contributed by atoms with Crippen LogP contribution < -0.4 is 0 Å². The fourth-order valence-electron chi connectivity index (χ4n) is 3.27. The van der Waals surface area contributed by atoms with Crippen molar-refractivity contribution < 1.29 is 4.79 Å². The zero-order valence-corrected chi connectivity index (χ0v) is 12.5. The summed E-state index contributed by atoms with van der Waals surface area (Å²) in [6.45, 7) is 6.44. The summed E-state index contributed by atoms with van der Waals surface area (Å²) < 4.78 is 0. The zero-order chi connectivity index (χ0) is 13.2. The largest absolute Gasteiger partial charge is 0.299 e. The van der Waals surface area contributed by atoms with Crippen molar-refractivity contribution in [3.63, 3.8) is 0 Å². The van der Waals surface area contributed by atoms with E-state index < -0.39 is 0 Å². The third-order valence-corrected chi connectivity index (χ3v) is 4.78. The number of aromatic nitrogens is 1. The summed E-state index contributed by atoms with van der Waals surface area (Å²) in [5.74, 6) is 1.03. The van der Waals surface area contributed by atoms with Gasteiger partial charge in [-0.05, 0) is 32.1 Å². The molecule has 1 heterocycles. The summed E-state index contributed by atoms with van der Waals surface area (Å²) >= 11 is 1.64. The second-order valence-electron chi connectivity index (χ2n) is 6.04. The van der Waals surface area contributed by atoms with E-state index in [-0.39, 0.29) is 5.41 Å². The third-order valence-electron chi connectivity index (χ3n) is 3.96. The molecule has 3 heteroatoms. The average molecular weight is 265 g/mol. The molecule has 0 bridgehead atoms. The number of thiazole rings is 1. The Bertz CT molecular complexity index is 416. The van der Waals surface area contributed by atoms with E-state index in [1.54, 1.807) is 11.3 Å². The zero-order valence-electron chi connectivity index (χ0n) is 11.7. The van der Waals surface area contributed by atoms with Crippen LogP contribution >= 0.6 is 11.3 Å². The van der Waals surface area contributed by atoms with Gasteiger partial charge in [0.1, 0.15) is 5.78 Å². The van der Waals surface area contributed by atoms with Crippen LogP contribution in [0.4, 0.5) is 0 Å². The van der Waals surface area contributed by atoms with E-state index in [0.29, 0.717) is 18.1 Å². The summed E-state index contributed by atoms with van der Waals surface area (Å²) in [5.41, 5.74) is 0.934. The highest BCUT2D eigenvalue weighted by Crippen LogP contribution is 2.44. The molecule has 0 radical (unpaired) electrons. The number of hydrogen-bond acceptors (Lipinski definition) is 3. The minimum absolute atomic E-state index is 0.0360. The minimum atomic E-state index is -0.0360. The first-order valence-corrected chi connectivity index (χ1v) is 7.84. The minimum Gasteiger partial charge on any atom is -0.299 e. The Morgan fingerprint density at radius 1 is 1.44 bits per heavy atom. The molecular formula is C15H23NOS. The van der Waals surface area contributed by atoms with Crippen LogP contribution in [-0.4, -0.2) is 10.8 Å². The van der Waals surface area contributed by atoms with Crippen molar-refractivity contribution in [3.05, 3.63) is 16.1 Å². The smallest absolute Gasteiger partial charge is 0.145 e. The summed E-state index contributed by atoms with van der Waals surface area (Å²) in [4.78, 5) is 17.1. The molecule has 1 aliphatic rings. The van der Waals surface area contributed by atoms with Crippen molar-refractivity contribution in [1.29, 1.82) is 0 Å². The molecule has 0 N–H and O–H groups in total. The number of ketones is 1. The van der Waals surface area contributed by atoms with Gasteiger partial charge in [0.15, 0.2) is 0 Å². The standard InChI is InChI=1S/C15H23NOS/c1-11(2)9-15(6-4-5-7-15)14(17)8-13-10-18-12(3)16-13/h10-11H,4-9H2,1-3H3. The van der Waals surface area contributed by atoms with Crippen molar-refractivity contribution in [3.8, 4) is 0 Å². The lowest BCUT2D eigenvalue weighted by molar-refractivity contribution is -0.128. The first-order chi connectivity index (χ1) is 8.52. The van der Waals surface area contributed by atoms with Crippen LogP contribution in [0.2, 0.25) is 0 Å². The molecule has 1 fully saturated rings. The van der Waals surface area contributed by atoms with Crippen LogP contribution in [0.25, 0.3) is 0 Å². The molecule has 0 spiro atoms. The van der Waals surface area contributed by atoms with E-state index in [1.807, 2.05) is 12.3 Å². The topological polar surface area (TPSA) is 30.0 Å². The van der Waals surface area contributed by atoms with Crippen LogP contribution in [0.15, 0.2) is 5.38 Å². The number of carbonyl (C=O) groups excluding carboxylic acids is 1. The van der Waals surface area contributed by atoms with Crippen molar-refractivity contribution in [2.45, 2.75) is 59.3 Å². The highest BCUT2D eigenvalue weighted by atomic mass is 32.1. The van der Waals surface area contributed by atoms with Crippen LogP contribution in [0, 0.1) is 18.3 Å². The van der Waals surface area contributed by atoms with Crippen molar-refractivity contribution in [2.24, 2.45) is 11.3 Å². The molecule has 0 atom stereocenters. The molecule has 0 saturated heterocycles. The predicted octanol–water partition coefficient (Wildman–Crippen LogP) is 4.17. The highest BCUT2D eigenvalue weighted by molar-refractivity contribution is 7.09. The Hall–Kier alpha value is -0.700. The van der Waals surface area contributed by atoms with Crippen LogP contribution in [0.3, 0.4) is 0 Å². The molecule has 2 nitrogen and oxygen atoms in total. The Balaban J connectivity index is 2.09. The number of nitrogens with zero attached hydrogens (tertiary/aromatic N) is 1. The van der Waals surface area contributed by atoms with Crippen molar-refractivity contribution in [2.75, 3.05) is 0 Å². The van der Waals surface area contributed by atoms with Gasteiger partial charge in [-0.1, -0.05) is 26.7 Å². The maximum absolute atomic E-state index is 12.6. The lowest BCUT2D eigenvalue weighted by Crippen LogP contribution is -2.31. The molecule has 1 aliphatic carbocycles. The van der Waals surface area contributed by atoms with E-state index in [4.69, 9.17) is 0 Å². The van der Waals surface area contributed by atoms with Gasteiger partial charge in [0, 0.05) is 10.8 Å². The maximum Gasteiger partial charge on any atom is 0.145 e. The van der Waals surface area contributed by atoms with Gasteiger partial charge in [-0.2, -0.15) is 0 Å². The van der Waals surface area contributed by atoms with Crippen LogP contribution in [0.5, 0.6) is 0 Å². The Labute approximate surface area is 114 Å². The normalized spacial score (nSPS) is 18.4. The monoisotopic (exact) mass is 265 g/mol. The molecule has 0 aliphatic heterocycles. The summed E-state index contributed by atoms with van der Waals surface area (Å²) in [6, 6.07) is 0. The van der Waals surface area contributed by atoms with E-state index in [0.717, 1.165) is 30.0 Å². The fraction of sp³-hybridized carbons (Fsp3) is 0.733. The van der Waals surface area contributed by atoms with Crippen LogP contribution in [-0.2, 0) is 11.2 Å². The summed E-state index contributed by atoms with van der Waals surface area (Å²) in [6.07, 6.45) is 6.20. The van der Waals surface area contributed by atoms with E-state index in [2.05, 4.69) is 18.8 Å². The number of rotatable bonds is 5. The second kappa shape index (κ2) is 5.52. The van der Waals surface area contributed by atoms with Gasteiger partial charge >= 0.3 is 0 Å². The van der Waals surface area contributed by atoms with Gasteiger partial charge in [0.2, 0.25) is 0 Å². The first-order valence-electron chi connectivity index (χ1n) is 6.96. The van der Waals surface area contributed by atoms with E-state index in [1.165, 1.54) is 12.8 Å². The molecule has 2 rings (SSSR count). The lowest BCUT2D eigenvalue weighted by Gasteiger charge is -2.29. The molecule has 0 aromatic carbocycles. The number of carbonyl (C=O) groups is 1. The average Bonchev–Trinajstić information content (AvgIpc) is 2.88. The molecule has 18 heavy (non-hydrogen) atoms. The van der Waals surface area contributed by atoms with Crippen molar-refractivity contribution in [1.82, 2.24) is 4.98 Å². The molecule has 0 amide bonds. The van der Waals surface area contributed by atoms with Crippen molar-refractivity contribution >= 4 is 17.1 Å². The lowest BCUT2D eigenvalue weighted by atomic mass is 9.74. The van der Waals surface area contributed by atoms with Gasteiger partial charge in [0.05, 0.1) is 17.1 Å². The Kier molecular flexibility index (Phi) is 4.21. The summed E-state index contributed by atoms with van der Waals surface area (Å²) in [5, 5.41) is 3.09. The number of hydrogen-bond donors (Lipinski definition) is 0. The van der Waals surface area contributed by atoms with Gasteiger partial charge in [-0.25, -0.2) is 4.98 Å². The third kappa shape index (κ3) is 3.00.